The number of carbonyl (C=O) groups excluding carboxylic acids is 1. The molecule has 1 aromatic carbocycles. The Hall–Kier alpha value is -1.90. The Morgan fingerprint density at radius 1 is 1.48 bits per heavy atom. The van der Waals surface area contributed by atoms with Gasteiger partial charge >= 0.3 is 0 Å². The fourth-order valence-corrected chi connectivity index (χ4v) is 1.89. The number of likely N-dealkylation sites (N-methyl/N-ethyl adjacent to an activating group) is 1. The standard InChI is InChI=1S/C16H22FN3O/c1-12(2)19-16(21)11-20(3)10-13-6-7-15(17)14(9-13)5-4-8-18/h6-7,9,12H,8,10-11,18H2,1-3H3,(H,19,21). The Morgan fingerprint density at radius 2 is 2.19 bits per heavy atom. The second-order valence-electron chi connectivity index (χ2n) is 5.21. The van der Waals surface area contributed by atoms with Crippen LogP contribution in [0.2, 0.25) is 0 Å². The van der Waals surface area contributed by atoms with Gasteiger partial charge in [0.05, 0.1) is 18.7 Å². The normalized spacial score (nSPS) is 10.4. The third-order valence-corrected chi connectivity index (χ3v) is 2.67. The summed E-state index contributed by atoms with van der Waals surface area (Å²) in [6.07, 6.45) is 0. The smallest absolute Gasteiger partial charge is 0.234 e. The molecule has 0 aliphatic carbocycles. The van der Waals surface area contributed by atoms with Gasteiger partial charge in [-0.05, 0) is 38.6 Å². The van der Waals surface area contributed by atoms with Gasteiger partial charge in [-0.3, -0.25) is 9.69 Å². The number of halogens is 1. The molecule has 0 spiro atoms. The van der Waals surface area contributed by atoms with Gasteiger partial charge in [0.2, 0.25) is 5.91 Å². The zero-order valence-electron chi connectivity index (χ0n) is 12.7. The Balaban J connectivity index is 2.68. The summed E-state index contributed by atoms with van der Waals surface area (Å²) in [4.78, 5) is 13.5. The van der Waals surface area contributed by atoms with Crippen molar-refractivity contribution in [2.75, 3.05) is 20.1 Å². The molecular weight excluding hydrogens is 269 g/mol. The lowest BCUT2D eigenvalue weighted by molar-refractivity contribution is -0.122. The minimum Gasteiger partial charge on any atom is -0.353 e. The van der Waals surface area contributed by atoms with Crippen molar-refractivity contribution in [3.63, 3.8) is 0 Å². The molecular formula is C16H22FN3O. The molecule has 3 N–H and O–H groups in total. The van der Waals surface area contributed by atoms with Crippen molar-refractivity contribution < 1.29 is 9.18 Å². The molecule has 0 radical (unpaired) electrons. The summed E-state index contributed by atoms with van der Waals surface area (Å²) in [7, 11) is 1.84. The summed E-state index contributed by atoms with van der Waals surface area (Å²) >= 11 is 0. The molecule has 0 saturated heterocycles. The highest BCUT2D eigenvalue weighted by Gasteiger charge is 2.09. The molecule has 1 aromatic rings. The molecule has 1 rings (SSSR count). The molecule has 0 aliphatic rings. The van der Waals surface area contributed by atoms with Gasteiger partial charge in [0.15, 0.2) is 0 Å². The van der Waals surface area contributed by atoms with E-state index in [1.165, 1.54) is 6.07 Å². The van der Waals surface area contributed by atoms with E-state index in [4.69, 9.17) is 5.73 Å². The fourth-order valence-electron chi connectivity index (χ4n) is 1.89. The van der Waals surface area contributed by atoms with E-state index in [0.717, 1.165) is 5.56 Å². The number of hydrogen-bond donors (Lipinski definition) is 2. The van der Waals surface area contributed by atoms with Gasteiger partial charge in [-0.2, -0.15) is 0 Å². The highest BCUT2D eigenvalue weighted by Crippen LogP contribution is 2.11. The van der Waals surface area contributed by atoms with Crippen LogP contribution in [0.5, 0.6) is 0 Å². The molecule has 1 amide bonds. The first-order chi connectivity index (χ1) is 9.92. The first-order valence-corrected chi connectivity index (χ1v) is 6.87. The summed E-state index contributed by atoms with van der Waals surface area (Å²) in [6.45, 7) is 4.86. The van der Waals surface area contributed by atoms with Crippen molar-refractivity contribution >= 4 is 5.91 Å². The van der Waals surface area contributed by atoms with Gasteiger partial charge in [0, 0.05) is 12.6 Å². The highest BCUT2D eigenvalue weighted by atomic mass is 19.1. The van der Waals surface area contributed by atoms with Gasteiger partial charge in [-0.1, -0.05) is 17.9 Å². The first-order valence-electron chi connectivity index (χ1n) is 6.87. The van der Waals surface area contributed by atoms with Gasteiger partial charge in [-0.15, -0.1) is 0 Å². The predicted octanol–water partition coefficient (Wildman–Crippen LogP) is 1.09. The zero-order valence-corrected chi connectivity index (χ0v) is 12.7. The van der Waals surface area contributed by atoms with Crippen LogP contribution < -0.4 is 11.1 Å². The van der Waals surface area contributed by atoms with Gasteiger partial charge in [-0.25, -0.2) is 4.39 Å². The Labute approximate surface area is 125 Å². The minimum atomic E-state index is -0.361. The summed E-state index contributed by atoms with van der Waals surface area (Å²) < 4.78 is 13.6. The first kappa shape index (κ1) is 17.2. The summed E-state index contributed by atoms with van der Waals surface area (Å²) in [6, 6.07) is 4.89. The van der Waals surface area contributed by atoms with Crippen LogP contribution in [0.4, 0.5) is 4.39 Å². The zero-order chi connectivity index (χ0) is 15.8. The average molecular weight is 291 g/mol. The van der Waals surface area contributed by atoms with E-state index in [0.29, 0.717) is 18.7 Å². The van der Waals surface area contributed by atoms with E-state index in [2.05, 4.69) is 17.2 Å². The maximum atomic E-state index is 13.6. The molecule has 0 saturated carbocycles. The molecule has 4 nitrogen and oxygen atoms in total. The van der Waals surface area contributed by atoms with E-state index in [1.807, 2.05) is 25.8 Å². The van der Waals surface area contributed by atoms with Crippen LogP contribution in [-0.2, 0) is 11.3 Å². The number of hydrogen-bond acceptors (Lipinski definition) is 3. The van der Waals surface area contributed by atoms with Crippen LogP contribution in [0.25, 0.3) is 0 Å². The van der Waals surface area contributed by atoms with Crippen molar-refractivity contribution in [2.24, 2.45) is 5.73 Å². The molecule has 114 valence electrons. The average Bonchev–Trinajstić information content (AvgIpc) is 2.38. The number of nitrogens with two attached hydrogens (primary N) is 1. The minimum absolute atomic E-state index is 0.0299. The number of carbonyl (C=O) groups is 1. The van der Waals surface area contributed by atoms with Crippen LogP contribution in [0, 0.1) is 17.7 Å². The van der Waals surface area contributed by atoms with Crippen molar-refractivity contribution in [2.45, 2.75) is 26.4 Å². The predicted molar refractivity (Wildman–Crippen MR) is 81.9 cm³/mol. The SMILES string of the molecule is CC(C)NC(=O)CN(C)Cc1ccc(F)c(C#CCN)c1. The summed E-state index contributed by atoms with van der Waals surface area (Å²) in [5.41, 5.74) is 6.52. The topological polar surface area (TPSA) is 58.4 Å². The number of benzene rings is 1. The molecule has 0 aliphatic heterocycles. The van der Waals surface area contributed by atoms with Crippen LogP contribution in [-0.4, -0.2) is 37.0 Å². The van der Waals surface area contributed by atoms with Gasteiger partial charge in [0.1, 0.15) is 5.82 Å². The molecule has 0 fully saturated rings. The second-order valence-corrected chi connectivity index (χ2v) is 5.21. The monoisotopic (exact) mass is 291 g/mol. The van der Waals surface area contributed by atoms with Crippen LogP contribution in [0.15, 0.2) is 18.2 Å². The largest absolute Gasteiger partial charge is 0.353 e. The van der Waals surface area contributed by atoms with Crippen molar-refractivity contribution in [1.29, 1.82) is 0 Å². The third kappa shape index (κ3) is 6.39. The fraction of sp³-hybridized carbons (Fsp3) is 0.438. The Morgan fingerprint density at radius 3 is 2.81 bits per heavy atom. The number of rotatable bonds is 5. The van der Waals surface area contributed by atoms with E-state index in [9.17, 15) is 9.18 Å². The lowest BCUT2D eigenvalue weighted by Gasteiger charge is -2.17. The second kappa shape index (κ2) is 8.40. The lowest BCUT2D eigenvalue weighted by atomic mass is 10.1. The summed E-state index contributed by atoms with van der Waals surface area (Å²) in [5.74, 6) is 4.95. The van der Waals surface area contributed by atoms with E-state index >= 15 is 0 Å². The molecule has 5 heteroatoms. The van der Waals surface area contributed by atoms with E-state index in [-0.39, 0.29) is 24.3 Å². The molecule has 0 aromatic heterocycles. The number of nitrogens with zero attached hydrogens (tertiary/aromatic N) is 1. The highest BCUT2D eigenvalue weighted by molar-refractivity contribution is 5.78. The number of nitrogens with one attached hydrogen (secondary N) is 1. The maximum Gasteiger partial charge on any atom is 0.234 e. The molecule has 0 bridgehead atoms. The van der Waals surface area contributed by atoms with Crippen LogP contribution in [0.3, 0.4) is 0 Å². The van der Waals surface area contributed by atoms with Crippen molar-refractivity contribution in [3.8, 4) is 11.8 Å². The Kier molecular flexibility index (Phi) is 6.86. The maximum absolute atomic E-state index is 13.6. The van der Waals surface area contributed by atoms with Crippen LogP contribution in [0.1, 0.15) is 25.0 Å². The number of amides is 1. The Bertz CT molecular complexity index is 546. The van der Waals surface area contributed by atoms with Crippen molar-refractivity contribution in [3.05, 3.63) is 35.1 Å². The summed E-state index contributed by atoms with van der Waals surface area (Å²) in [5, 5.41) is 2.83. The molecule has 0 atom stereocenters. The van der Waals surface area contributed by atoms with Crippen LogP contribution >= 0.6 is 0 Å². The molecule has 21 heavy (non-hydrogen) atoms. The van der Waals surface area contributed by atoms with Gasteiger partial charge < -0.3 is 11.1 Å². The molecule has 0 heterocycles. The van der Waals surface area contributed by atoms with Crippen molar-refractivity contribution in [1.82, 2.24) is 10.2 Å². The van der Waals surface area contributed by atoms with Gasteiger partial charge in [0.25, 0.3) is 0 Å². The quantitative estimate of drug-likeness (QED) is 0.799. The van der Waals surface area contributed by atoms with E-state index < -0.39 is 0 Å². The lowest BCUT2D eigenvalue weighted by Crippen LogP contribution is -2.38. The third-order valence-electron chi connectivity index (χ3n) is 2.67. The molecule has 0 unspecified atom stereocenters. The van der Waals surface area contributed by atoms with E-state index in [1.54, 1.807) is 12.1 Å².